The molecule has 0 fully saturated rings. The van der Waals surface area contributed by atoms with Gasteiger partial charge in [0.1, 0.15) is 5.82 Å². The van der Waals surface area contributed by atoms with E-state index in [4.69, 9.17) is 0 Å². The van der Waals surface area contributed by atoms with Crippen molar-refractivity contribution in [2.75, 3.05) is 13.6 Å². The second-order valence-corrected chi connectivity index (χ2v) is 6.51. The summed E-state index contributed by atoms with van der Waals surface area (Å²) < 4.78 is 37.4. The Morgan fingerprint density at radius 2 is 1.76 bits per heavy atom. The summed E-state index contributed by atoms with van der Waals surface area (Å²) >= 11 is 0. The molecule has 1 N–H and O–H groups in total. The highest BCUT2D eigenvalue weighted by molar-refractivity contribution is 7.92. The van der Waals surface area contributed by atoms with E-state index in [1.807, 2.05) is 13.8 Å². The number of hydrogen-bond donors (Lipinski definition) is 1. The molecule has 0 aromatic heterocycles. The molecule has 1 rings (SSSR count). The monoisotopic (exact) mass is 259 g/mol. The van der Waals surface area contributed by atoms with Gasteiger partial charge in [0, 0.05) is 6.54 Å². The smallest absolute Gasteiger partial charge is 0.182 e. The number of hydrogen-bond acceptors (Lipinski definition) is 3. The van der Waals surface area contributed by atoms with Crippen LogP contribution >= 0.6 is 0 Å². The Morgan fingerprint density at radius 3 is 2.18 bits per heavy atom. The first-order valence-corrected chi connectivity index (χ1v) is 7.08. The predicted octanol–water partition coefficient (Wildman–Crippen LogP) is 1.84. The van der Waals surface area contributed by atoms with Crippen molar-refractivity contribution in [2.24, 2.45) is 5.92 Å². The van der Waals surface area contributed by atoms with Crippen LogP contribution in [-0.2, 0) is 9.84 Å². The molecule has 0 radical (unpaired) electrons. The summed E-state index contributed by atoms with van der Waals surface area (Å²) in [7, 11) is -1.69. The van der Waals surface area contributed by atoms with Gasteiger partial charge in [-0.1, -0.05) is 13.8 Å². The van der Waals surface area contributed by atoms with Crippen molar-refractivity contribution in [3.63, 3.8) is 0 Å². The molecule has 0 amide bonds. The minimum Gasteiger partial charge on any atom is -0.318 e. The van der Waals surface area contributed by atoms with E-state index in [9.17, 15) is 12.8 Å². The number of benzene rings is 1. The molecule has 0 spiro atoms. The van der Waals surface area contributed by atoms with E-state index in [-0.39, 0.29) is 10.8 Å². The van der Waals surface area contributed by atoms with Crippen LogP contribution in [0.5, 0.6) is 0 Å². The molecule has 0 aliphatic heterocycles. The molecule has 0 saturated heterocycles. The van der Waals surface area contributed by atoms with Gasteiger partial charge in [0.25, 0.3) is 0 Å². The van der Waals surface area contributed by atoms with Crippen molar-refractivity contribution < 1.29 is 12.8 Å². The second kappa shape index (κ2) is 5.60. The summed E-state index contributed by atoms with van der Waals surface area (Å²) in [5, 5.41) is 2.38. The van der Waals surface area contributed by atoms with E-state index in [0.29, 0.717) is 6.54 Å². The standard InChI is InChI=1S/C12H18FNO2S/c1-9(2)12(8-14-3)17(15,16)11-6-4-10(13)5-7-11/h4-7,9,12,14H,8H2,1-3H3. The van der Waals surface area contributed by atoms with Gasteiger partial charge in [0.05, 0.1) is 10.1 Å². The van der Waals surface area contributed by atoms with Gasteiger partial charge >= 0.3 is 0 Å². The van der Waals surface area contributed by atoms with Crippen LogP contribution in [0.3, 0.4) is 0 Å². The Morgan fingerprint density at radius 1 is 1.24 bits per heavy atom. The molecule has 0 bridgehead atoms. The molecule has 0 heterocycles. The zero-order valence-corrected chi connectivity index (χ0v) is 11.1. The highest BCUT2D eigenvalue weighted by Crippen LogP contribution is 2.21. The first-order chi connectivity index (χ1) is 7.89. The zero-order chi connectivity index (χ0) is 13.1. The molecule has 0 saturated carbocycles. The van der Waals surface area contributed by atoms with Crippen molar-refractivity contribution in [3.8, 4) is 0 Å². The Balaban J connectivity index is 3.12. The van der Waals surface area contributed by atoms with Crippen molar-refractivity contribution in [1.29, 1.82) is 0 Å². The summed E-state index contributed by atoms with van der Waals surface area (Å²) in [6, 6.07) is 4.97. The summed E-state index contributed by atoms with van der Waals surface area (Å²) in [6.45, 7) is 4.11. The molecule has 3 nitrogen and oxygen atoms in total. The highest BCUT2D eigenvalue weighted by atomic mass is 32.2. The quantitative estimate of drug-likeness (QED) is 0.821. The Labute approximate surface area is 102 Å². The van der Waals surface area contributed by atoms with Crippen LogP contribution in [0.15, 0.2) is 29.2 Å². The zero-order valence-electron chi connectivity index (χ0n) is 10.3. The molecule has 1 atom stereocenters. The van der Waals surface area contributed by atoms with Gasteiger partial charge in [0.15, 0.2) is 9.84 Å². The first-order valence-electron chi connectivity index (χ1n) is 5.53. The van der Waals surface area contributed by atoms with Crippen LogP contribution < -0.4 is 5.32 Å². The average molecular weight is 259 g/mol. The van der Waals surface area contributed by atoms with Gasteiger partial charge in [-0.3, -0.25) is 0 Å². The van der Waals surface area contributed by atoms with Crippen LogP contribution in [0.1, 0.15) is 13.8 Å². The normalized spacial score (nSPS) is 13.9. The SMILES string of the molecule is CNCC(C(C)C)S(=O)(=O)c1ccc(F)cc1. The number of rotatable bonds is 5. The minimum absolute atomic E-state index is 0.00231. The van der Waals surface area contributed by atoms with E-state index in [1.54, 1.807) is 7.05 Å². The molecule has 5 heteroatoms. The summed E-state index contributed by atoms with van der Waals surface area (Å²) in [6.07, 6.45) is 0. The topological polar surface area (TPSA) is 46.2 Å². The van der Waals surface area contributed by atoms with Crippen molar-refractivity contribution >= 4 is 9.84 Å². The Bertz CT molecular complexity index is 454. The highest BCUT2D eigenvalue weighted by Gasteiger charge is 2.29. The number of nitrogens with one attached hydrogen (secondary N) is 1. The lowest BCUT2D eigenvalue weighted by atomic mass is 10.1. The molecule has 1 unspecified atom stereocenters. The van der Waals surface area contributed by atoms with Gasteiger partial charge in [-0.05, 0) is 37.2 Å². The van der Waals surface area contributed by atoms with E-state index < -0.39 is 20.9 Å². The first kappa shape index (κ1) is 14.1. The van der Waals surface area contributed by atoms with Crippen LogP contribution in [0, 0.1) is 11.7 Å². The van der Waals surface area contributed by atoms with Gasteiger partial charge in [-0.25, -0.2) is 12.8 Å². The lowest BCUT2D eigenvalue weighted by Gasteiger charge is -2.20. The van der Waals surface area contributed by atoms with Crippen molar-refractivity contribution in [2.45, 2.75) is 24.0 Å². The van der Waals surface area contributed by atoms with Crippen LogP contribution in [-0.4, -0.2) is 27.3 Å². The molecule has 1 aromatic carbocycles. The molecule has 17 heavy (non-hydrogen) atoms. The Kier molecular flexibility index (Phi) is 4.65. The van der Waals surface area contributed by atoms with Gasteiger partial charge in [-0.15, -0.1) is 0 Å². The summed E-state index contributed by atoms with van der Waals surface area (Å²) in [4.78, 5) is 0.174. The van der Waals surface area contributed by atoms with E-state index in [1.165, 1.54) is 24.3 Å². The van der Waals surface area contributed by atoms with E-state index >= 15 is 0 Å². The lowest BCUT2D eigenvalue weighted by Crippen LogP contribution is -2.36. The molecule has 1 aromatic rings. The van der Waals surface area contributed by atoms with E-state index in [2.05, 4.69) is 5.32 Å². The lowest BCUT2D eigenvalue weighted by molar-refractivity contribution is 0.516. The van der Waals surface area contributed by atoms with Crippen LogP contribution in [0.25, 0.3) is 0 Å². The minimum atomic E-state index is -3.41. The average Bonchev–Trinajstić information content (AvgIpc) is 2.25. The van der Waals surface area contributed by atoms with Gasteiger partial charge in [0.2, 0.25) is 0 Å². The van der Waals surface area contributed by atoms with Crippen LogP contribution in [0.4, 0.5) is 4.39 Å². The van der Waals surface area contributed by atoms with Crippen LogP contribution in [0.2, 0.25) is 0 Å². The third-order valence-corrected chi connectivity index (χ3v) is 5.13. The number of sulfone groups is 1. The largest absolute Gasteiger partial charge is 0.318 e. The third-order valence-electron chi connectivity index (χ3n) is 2.69. The van der Waals surface area contributed by atoms with Crippen molar-refractivity contribution in [1.82, 2.24) is 5.32 Å². The Hall–Kier alpha value is -0.940. The number of halogens is 1. The third kappa shape index (κ3) is 3.26. The van der Waals surface area contributed by atoms with E-state index in [0.717, 1.165) is 0 Å². The molecular formula is C12H18FNO2S. The van der Waals surface area contributed by atoms with Crippen molar-refractivity contribution in [3.05, 3.63) is 30.1 Å². The molecule has 0 aliphatic rings. The summed E-state index contributed by atoms with van der Waals surface area (Å²) in [5.74, 6) is -0.434. The predicted molar refractivity (Wildman–Crippen MR) is 66.1 cm³/mol. The maximum absolute atomic E-state index is 12.8. The second-order valence-electron chi connectivity index (χ2n) is 4.34. The fraction of sp³-hybridized carbons (Fsp3) is 0.500. The van der Waals surface area contributed by atoms with Gasteiger partial charge in [-0.2, -0.15) is 0 Å². The summed E-state index contributed by atoms with van der Waals surface area (Å²) in [5.41, 5.74) is 0. The maximum atomic E-state index is 12.8. The maximum Gasteiger partial charge on any atom is 0.182 e. The fourth-order valence-electron chi connectivity index (χ4n) is 1.70. The molecule has 96 valence electrons. The molecular weight excluding hydrogens is 241 g/mol. The fourth-order valence-corrected chi connectivity index (χ4v) is 3.67. The molecule has 0 aliphatic carbocycles. The van der Waals surface area contributed by atoms with Gasteiger partial charge < -0.3 is 5.32 Å².